The van der Waals surface area contributed by atoms with Gasteiger partial charge in [-0.2, -0.15) is 5.26 Å². The van der Waals surface area contributed by atoms with Gasteiger partial charge in [-0.15, -0.1) is 0 Å². The monoisotopic (exact) mass is 279 g/mol. The molecule has 7 heteroatoms. The van der Waals surface area contributed by atoms with Crippen LogP contribution in [0.5, 0.6) is 0 Å². The van der Waals surface area contributed by atoms with Crippen LogP contribution in [0.4, 0.5) is 11.4 Å². The highest BCUT2D eigenvalue weighted by Crippen LogP contribution is 2.23. The molecule has 1 amide bonds. The summed E-state index contributed by atoms with van der Waals surface area (Å²) in [4.78, 5) is 11.9. The van der Waals surface area contributed by atoms with Crippen LogP contribution in [0.2, 0.25) is 0 Å². The lowest BCUT2D eigenvalue weighted by molar-refractivity contribution is -0.119. The fraction of sp³-hybridized carbons (Fsp3) is 0.333. The molecule has 1 atom stereocenters. The zero-order valence-corrected chi connectivity index (χ0v) is 10.9. The minimum atomic E-state index is -3.10. The number of carbonyl (C=O) groups is 1. The van der Waals surface area contributed by atoms with Crippen LogP contribution in [0.3, 0.4) is 0 Å². The van der Waals surface area contributed by atoms with E-state index in [0.717, 1.165) is 0 Å². The maximum absolute atomic E-state index is 11.9. The van der Waals surface area contributed by atoms with Gasteiger partial charge in [0.15, 0.2) is 9.84 Å². The Bertz CT molecular complexity index is 661. The van der Waals surface area contributed by atoms with Crippen molar-refractivity contribution in [3.8, 4) is 6.07 Å². The Labute approximate surface area is 111 Å². The third kappa shape index (κ3) is 3.03. The quantitative estimate of drug-likeness (QED) is 0.766. The minimum Gasteiger partial charge on any atom is -0.399 e. The van der Waals surface area contributed by atoms with E-state index in [9.17, 15) is 13.2 Å². The highest BCUT2D eigenvalue weighted by Gasteiger charge is 2.33. The third-order valence-electron chi connectivity index (χ3n) is 3.03. The van der Waals surface area contributed by atoms with Crippen molar-refractivity contribution in [2.24, 2.45) is 5.92 Å². The Balaban J connectivity index is 2.14. The smallest absolute Gasteiger partial charge is 0.228 e. The number of hydrogen-bond donors (Lipinski definition) is 2. The van der Waals surface area contributed by atoms with Crippen molar-refractivity contribution in [2.75, 3.05) is 22.6 Å². The molecule has 0 bridgehead atoms. The molecule has 1 aromatic rings. The van der Waals surface area contributed by atoms with Gasteiger partial charge >= 0.3 is 0 Å². The van der Waals surface area contributed by atoms with Crippen LogP contribution in [0.1, 0.15) is 12.0 Å². The number of amides is 1. The summed E-state index contributed by atoms with van der Waals surface area (Å²) in [7, 11) is -3.10. The van der Waals surface area contributed by atoms with Gasteiger partial charge in [-0.05, 0) is 24.6 Å². The zero-order chi connectivity index (χ0) is 14.0. The van der Waals surface area contributed by atoms with Crippen molar-refractivity contribution in [1.82, 2.24) is 0 Å². The Morgan fingerprint density at radius 2 is 2.21 bits per heavy atom. The van der Waals surface area contributed by atoms with Gasteiger partial charge in [0.05, 0.1) is 28.7 Å². The highest BCUT2D eigenvalue weighted by atomic mass is 32.2. The Morgan fingerprint density at radius 1 is 1.47 bits per heavy atom. The molecule has 0 radical (unpaired) electrons. The largest absolute Gasteiger partial charge is 0.399 e. The predicted octanol–water partition coefficient (Wildman–Crippen LogP) is 0.514. The summed E-state index contributed by atoms with van der Waals surface area (Å²) >= 11 is 0. The van der Waals surface area contributed by atoms with Crippen molar-refractivity contribution in [1.29, 1.82) is 5.26 Å². The van der Waals surface area contributed by atoms with Crippen LogP contribution in [0, 0.1) is 17.2 Å². The summed E-state index contributed by atoms with van der Waals surface area (Å²) in [5, 5.41) is 11.5. The van der Waals surface area contributed by atoms with Gasteiger partial charge in [-0.1, -0.05) is 0 Å². The second-order valence-corrected chi connectivity index (χ2v) is 6.73. The normalized spacial score (nSPS) is 20.7. The Morgan fingerprint density at radius 3 is 2.79 bits per heavy atom. The van der Waals surface area contributed by atoms with Crippen molar-refractivity contribution < 1.29 is 13.2 Å². The number of nitrogens with two attached hydrogens (primary N) is 1. The van der Waals surface area contributed by atoms with Gasteiger partial charge < -0.3 is 11.1 Å². The zero-order valence-electron chi connectivity index (χ0n) is 10.1. The van der Waals surface area contributed by atoms with E-state index >= 15 is 0 Å². The molecule has 1 heterocycles. The van der Waals surface area contributed by atoms with Crippen LogP contribution in [-0.2, 0) is 14.6 Å². The molecule has 1 fully saturated rings. The minimum absolute atomic E-state index is 0.0396. The van der Waals surface area contributed by atoms with E-state index in [1.54, 1.807) is 6.07 Å². The van der Waals surface area contributed by atoms with Gasteiger partial charge in [0, 0.05) is 5.69 Å². The van der Waals surface area contributed by atoms with E-state index in [2.05, 4.69) is 5.32 Å². The molecule has 1 aromatic carbocycles. The molecule has 1 aliphatic rings. The van der Waals surface area contributed by atoms with Gasteiger partial charge in [0.25, 0.3) is 0 Å². The third-order valence-corrected chi connectivity index (χ3v) is 4.79. The van der Waals surface area contributed by atoms with Crippen molar-refractivity contribution in [2.45, 2.75) is 6.42 Å². The first kappa shape index (κ1) is 13.4. The van der Waals surface area contributed by atoms with E-state index in [0.29, 0.717) is 17.8 Å². The highest BCUT2D eigenvalue weighted by molar-refractivity contribution is 7.91. The molecule has 0 saturated carbocycles. The second kappa shape index (κ2) is 4.90. The number of hydrogen-bond acceptors (Lipinski definition) is 5. The molecule has 3 N–H and O–H groups in total. The average Bonchev–Trinajstić information content (AvgIpc) is 2.72. The van der Waals surface area contributed by atoms with Crippen molar-refractivity contribution in [3.05, 3.63) is 23.8 Å². The Kier molecular flexibility index (Phi) is 3.44. The number of benzene rings is 1. The molecule has 0 aromatic heterocycles. The Hall–Kier alpha value is -2.07. The number of nitrogen functional groups attached to an aromatic ring is 1. The number of nitriles is 1. The van der Waals surface area contributed by atoms with Crippen molar-refractivity contribution in [3.63, 3.8) is 0 Å². The second-order valence-electron chi connectivity index (χ2n) is 4.51. The summed E-state index contributed by atoms with van der Waals surface area (Å²) < 4.78 is 22.6. The first-order valence-electron chi connectivity index (χ1n) is 5.72. The molecule has 2 rings (SSSR count). The SMILES string of the molecule is N#Cc1cc(N)ccc1NC(=O)C1CCS(=O)(=O)C1. The molecular formula is C12H13N3O3S. The predicted molar refractivity (Wildman–Crippen MR) is 71.0 cm³/mol. The first-order valence-corrected chi connectivity index (χ1v) is 7.54. The van der Waals surface area contributed by atoms with Gasteiger partial charge in [0.2, 0.25) is 5.91 Å². The molecule has 6 nitrogen and oxygen atoms in total. The van der Waals surface area contributed by atoms with Crippen LogP contribution in [0.15, 0.2) is 18.2 Å². The van der Waals surface area contributed by atoms with Gasteiger partial charge in [-0.3, -0.25) is 4.79 Å². The molecule has 100 valence electrons. The average molecular weight is 279 g/mol. The van der Waals surface area contributed by atoms with Crippen LogP contribution < -0.4 is 11.1 Å². The van der Waals surface area contributed by atoms with Crippen LogP contribution >= 0.6 is 0 Å². The lowest BCUT2D eigenvalue weighted by Gasteiger charge is -2.11. The summed E-state index contributed by atoms with van der Waals surface area (Å²) in [6.07, 6.45) is 0.324. The molecule has 19 heavy (non-hydrogen) atoms. The lowest BCUT2D eigenvalue weighted by atomic mass is 10.1. The molecule has 1 aliphatic heterocycles. The fourth-order valence-corrected chi connectivity index (χ4v) is 3.74. The number of sulfone groups is 1. The summed E-state index contributed by atoms with van der Waals surface area (Å²) in [5.74, 6) is -1.01. The molecular weight excluding hydrogens is 266 g/mol. The lowest BCUT2D eigenvalue weighted by Crippen LogP contribution is -2.24. The van der Waals surface area contributed by atoms with E-state index in [1.807, 2.05) is 6.07 Å². The maximum atomic E-state index is 11.9. The number of nitrogens with one attached hydrogen (secondary N) is 1. The number of rotatable bonds is 2. The summed E-state index contributed by atoms with van der Waals surface area (Å²) in [6, 6.07) is 6.50. The van der Waals surface area contributed by atoms with Crippen LogP contribution in [-0.4, -0.2) is 25.8 Å². The number of anilines is 2. The molecule has 0 spiro atoms. The maximum Gasteiger partial charge on any atom is 0.228 e. The topological polar surface area (TPSA) is 113 Å². The number of nitrogens with zero attached hydrogens (tertiary/aromatic N) is 1. The van der Waals surface area contributed by atoms with Gasteiger partial charge in [0.1, 0.15) is 6.07 Å². The standard InChI is InChI=1S/C12H13N3O3S/c13-6-9-5-10(14)1-2-11(9)15-12(16)8-3-4-19(17,18)7-8/h1-2,5,8H,3-4,7,14H2,(H,15,16). The fourth-order valence-electron chi connectivity index (χ4n) is 2.00. The molecule has 0 aliphatic carbocycles. The molecule has 1 saturated heterocycles. The van der Waals surface area contributed by atoms with Crippen molar-refractivity contribution >= 4 is 27.1 Å². The first-order chi connectivity index (χ1) is 8.91. The summed E-state index contributed by atoms with van der Waals surface area (Å²) in [5.41, 5.74) is 6.59. The van der Waals surface area contributed by atoms with E-state index in [1.165, 1.54) is 12.1 Å². The van der Waals surface area contributed by atoms with E-state index < -0.39 is 15.8 Å². The van der Waals surface area contributed by atoms with Crippen LogP contribution in [0.25, 0.3) is 0 Å². The molecule has 1 unspecified atom stereocenters. The van der Waals surface area contributed by atoms with Gasteiger partial charge in [-0.25, -0.2) is 8.42 Å². The van der Waals surface area contributed by atoms with E-state index in [4.69, 9.17) is 11.0 Å². The van der Waals surface area contributed by atoms with E-state index in [-0.39, 0.29) is 23.0 Å². The summed E-state index contributed by atoms with van der Waals surface area (Å²) in [6.45, 7) is 0. The number of carbonyl (C=O) groups excluding carboxylic acids is 1.